The zero-order valence-electron chi connectivity index (χ0n) is 11.6. The normalized spacial score (nSPS) is 20.9. The Morgan fingerprint density at radius 1 is 1.25 bits per heavy atom. The monoisotopic (exact) mass is 276 g/mol. The standard InChI is InChI=1S/C16H21FN2O/c17-13-3-1-2-12(10-13)11-16(20)18-14-6-8-19(9-7-14)15-4-5-15/h1-3,10,14-15H,4-9,11H2,(H,18,20). The number of hydrogen-bond acceptors (Lipinski definition) is 2. The fourth-order valence-electron chi connectivity index (χ4n) is 2.96. The number of rotatable bonds is 4. The van der Waals surface area contributed by atoms with Gasteiger partial charge in [0.25, 0.3) is 0 Å². The van der Waals surface area contributed by atoms with Gasteiger partial charge in [-0.25, -0.2) is 4.39 Å². The quantitative estimate of drug-likeness (QED) is 0.913. The third-order valence-corrected chi connectivity index (χ3v) is 4.21. The highest BCUT2D eigenvalue weighted by molar-refractivity contribution is 5.78. The summed E-state index contributed by atoms with van der Waals surface area (Å²) < 4.78 is 13.1. The average molecular weight is 276 g/mol. The molecule has 4 heteroatoms. The molecule has 108 valence electrons. The molecule has 1 saturated carbocycles. The highest BCUT2D eigenvalue weighted by atomic mass is 19.1. The van der Waals surface area contributed by atoms with E-state index in [1.165, 1.54) is 25.0 Å². The number of piperidine rings is 1. The predicted octanol–water partition coefficient (Wildman–Crippen LogP) is 2.11. The van der Waals surface area contributed by atoms with Crippen LogP contribution < -0.4 is 5.32 Å². The second-order valence-electron chi connectivity index (χ2n) is 5.92. The van der Waals surface area contributed by atoms with E-state index in [0.717, 1.165) is 37.5 Å². The molecule has 0 spiro atoms. The third kappa shape index (κ3) is 3.57. The summed E-state index contributed by atoms with van der Waals surface area (Å²) in [6.45, 7) is 2.19. The van der Waals surface area contributed by atoms with E-state index >= 15 is 0 Å². The molecular weight excluding hydrogens is 255 g/mol. The number of halogens is 1. The Bertz CT molecular complexity index is 479. The van der Waals surface area contributed by atoms with Gasteiger partial charge in [0, 0.05) is 25.2 Å². The minimum Gasteiger partial charge on any atom is -0.353 e. The first-order chi connectivity index (χ1) is 9.70. The minimum atomic E-state index is -0.284. The van der Waals surface area contributed by atoms with Crippen LogP contribution >= 0.6 is 0 Å². The zero-order chi connectivity index (χ0) is 13.9. The first kappa shape index (κ1) is 13.6. The molecule has 1 aromatic carbocycles. The van der Waals surface area contributed by atoms with Crippen LogP contribution in [0.5, 0.6) is 0 Å². The summed E-state index contributed by atoms with van der Waals surface area (Å²) in [6, 6.07) is 7.36. The first-order valence-corrected chi connectivity index (χ1v) is 7.48. The fourth-order valence-corrected chi connectivity index (χ4v) is 2.96. The molecule has 1 amide bonds. The average Bonchev–Trinajstić information content (AvgIpc) is 3.24. The fraction of sp³-hybridized carbons (Fsp3) is 0.562. The maximum absolute atomic E-state index is 13.1. The molecule has 0 aromatic heterocycles. The summed E-state index contributed by atoms with van der Waals surface area (Å²) in [5, 5.41) is 3.08. The Morgan fingerprint density at radius 3 is 2.65 bits per heavy atom. The van der Waals surface area contributed by atoms with Crippen molar-refractivity contribution in [1.82, 2.24) is 10.2 Å². The van der Waals surface area contributed by atoms with Gasteiger partial charge in [0.15, 0.2) is 0 Å². The van der Waals surface area contributed by atoms with Crippen LogP contribution in [0.4, 0.5) is 4.39 Å². The lowest BCUT2D eigenvalue weighted by atomic mass is 10.0. The van der Waals surface area contributed by atoms with E-state index in [4.69, 9.17) is 0 Å². The molecule has 0 unspecified atom stereocenters. The molecule has 0 radical (unpaired) electrons. The van der Waals surface area contributed by atoms with Gasteiger partial charge in [-0.05, 0) is 43.4 Å². The van der Waals surface area contributed by atoms with Crippen molar-refractivity contribution >= 4 is 5.91 Å². The van der Waals surface area contributed by atoms with Crippen LogP contribution in [0.2, 0.25) is 0 Å². The number of carbonyl (C=O) groups is 1. The number of nitrogens with one attached hydrogen (secondary N) is 1. The van der Waals surface area contributed by atoms with Gasteiger partial charge in [-0.15, -0.1) is 0 Å². The van der Waals surface area contributed by atoms with Crippen LogP contribution in [0.25, 0.3) is 0 Å². The number of benzene rings is 1. The SMILES string of the molecule is O=C(Cc1cccc(F)c1)NC1CCN(C2CC2)CC1. The summed E-state index contributed by atoms with van der Waals surface area (Å²) in [5.41, 5.74) is 0.734. The lowest BCUT2D eigenvalue weighted by Crippen LogP contribution is -2.45. The van der Waals surface area contributed by atoms with Crippen LogP contribution in [0, 0.1) is 5.82 Å². The van der Waals surface area contributed by atoms with Crippen molar-refractivity contribution in [1.29, 1.82) is 0 Å². The van der Waals surface area contributed by atoms with Gasteiger partial charge in [0.1, 0.15) is 5.82 Å². The van der Waals surface area contributed by atoms with E-state index in [9.17, 15) is 9.18 Å². The van der Waals surface area contributed by atoms with Gasteiger partial charge in [-0.3, -0.25) is 4.79 Å². The number of carbonyl (C=O) groups excluding carboxylic acids is 1. The molecule has 1 heterocycles. The van der Waals surface area contributed by atoms with E-state index in [1.807, 2.05) is 0 Å². The molecule has 3 nitrogen and oxygen atoms in total. The zero-order valence-corrected chi connectivity index (χ0v) is 11.6. The van der Waals surface area contributed by atoms with Crippen molar-refractivity contribution < 1.29 is 9.18 Å². The van der Waals surface area contributed by atoms with E-state index in [2.05, 4.69) is 10.2 Å². The second kappa shape index (κ2) is 5.92. The van der Waals surface area contributed by atoms with E-state index < -0.39 is 0 Å². The Labute approximate surface area is 119 Å². The number of amides is 1. The van der Waals surface area contributed by atoms with Gasteiger partial charge in [0.2, 0.25) is 5.91 Å². The number of hydrogen-bond donors (Lipinski definition) is 1. The minimum absolute atomic E-state index is 0.000437. The van der Waals surface area contributed by atoms with Gasteiger partial charge >= 0.3 is 0 Å². The second-order valence-corrected chi connectivity index (χ2v) is 5.92. The van der Waals surface area contributed by atoms with Crippen molar-refractivity contribution in [2.24, 2.45) is 0 Å². The molecule has 0 atom stereocenters. The van der Waals surface area contributed by atoms with Gasteiger partial charge in [-0.2, -0.15) is 0 Å². The molecule has 1 saturated heterocycles. The van der Waals surface area contributed by atoms with Crippen molar-refractivity contribution in [2.75, 3.05) is 13.1 Å². The van der Waals surface area contributed by atoms with Gasteiger partial charge in [0.05, 0.1) is 6.42 Å². The summed E-state index contributed by atoms with van der Waals surface area (Å²) in [4.78, 5) is 14.5. The Morgan fingerprint density at radius 2 is 2.00 bits per heavy atom. The van der Waals surface area contributed by atoms with E-state index in [0.29, 0.717) is 0 Å². The molecule has 20 heavy (non-hydrogen) atoms. The van der Waals surface area contributed by atoms with Crippen LogP contribution in [-0.2, 0) is 11.2 Å². The van der Waals surface area contributed by atoms with Crippen LogP contribution in [0.3, 0.4) is 0 Å². The molecule has 2 fully saturated rings. The molecule has 1 aromatic rings. The number of likely N-dealkylation sites (tertiary alicyclic amines) is 1. The molecular formula is C16H21FN2O. The molecule has 1 aliphatic carbocycles. The topological polar surface area (TPSA) is 32.3 Å². The Hall–Kier alpha value is -1.42. The smallest absolute Gasteiger partial charge is 0.224 e. The van der Waals surface area contributed by atoms with E-state index in [1.54, 1.807) is 12.1 Å². The molecule has 1 aliphatic heterocycles. The summed E-state index contributed by atoms with van der Waals surface area (Å²) >= 11 is 0. The van der Waals surface area contributed by atoms with Crippen molar-refractivity contribution in [3.63, 3.8) is 0 Å². The Balaban J connectivity index is 1.44. The predicted molar refractivity (Wildman–Crippen MR) is 75.9 cm³/mol. The number of nitrogens with zero attached hydrogens (tertiary/aromatic N) is 1. The lowest BCUT2D eigenvalue weighted by Gasteiger charge is -2.32. The maximum atomic E-state index is 13.1. The van der Waals surface area contributed by atoms with Crippen LogP contribution in [0.1, 0.15) is 31.2 Å². The molecule has 1 N–H and O–H groups in total. The lowest BCUT2D eigenvalue weighted by molar-refractivity contribution is -0.121. The van der Waals surface area contributed by atoms with Crippen LogP contribution in [-0.4, -0.2) is 36.0 Å². The summed E-state index contributed by atoms with van der Waals surface area (Å²) in [7, 11) is 0. The first-order valence-electron chi connectivity index (χ1n) is 7.48. The maximum Gasteiger partial charge on any atom is 0.224 e. The molecule has 0 bridgehead atoms. The van der Waals surface area contributed by atoms with Crippen molar-refractivity contribution in [2.45, 2.75) is 44.2 Å². The van der Waals surface area contributed by atoms with Gasteiger partial charge < -0.3 is 10.2 Å². The van der Waals surface area contributed by atoms with Crippen molar-refractivity contribution in [3.8, 4) is 0 Å². The summed E-state index contributed by atoms with van der Waals surface area (Å²) in [5.74, 6) is -0.284. The molecule has 3 rings (SSSR count). The highest BCUT2D eigenvalue weighted by Crippen LogP contribution is 2.29. The van der Waals surface area contributed by atoms with E-state index in [-0.39, 0.29) is 24.2 Å². The van der Waals surface area contributed by atoms with Crippen molar-refractivity contribution in [3.05, 3.63) is 35.6 Å². The highest BCUT2D eigenvalue weighted by Gasteiger charge is 2.31. The Kier molecular flexibility index (Phi) is 4.01. The largest absolute Gasteiger partial charge is 0.353 e. The molecule has 2 aliphatic rings. The third-order valence-electron chi connectivity index (χ3n) is 4.21. The van der Waals surface area contributed by atoms with Crippen LogP contribution in [0.15, 0.2) is 24.3 Å². The van der Waals surface area contributed by atoms with Gasteiger partial charge in [-0.1, -0.05) is 12.1 Å². The summed E-state index contributed by atoms with van der Waals surface area (Å²) in [6.07, 6.45) is 5.02.